The van der Waals surface area contributed by atoms with Crippen LogP contribution in [-0.4, -0.2) is 44.1 Å². The van der Waals surface area contributed by atoms with Crippen LogP contribution in [0.5, 0.6) is 17.2 Å². The number of ether oxygens (including phenoxy) is 4. The lowest BCUT2D eigenvalue weighted by Crippen LogP contribution is -2.12. The predicted molar refractivity (Wildman–Crippen MR) is 121 cm³/mol. The molecule has 0 radical (unpaired) electrons. The number of aliphatic hydroxyl groups excluding tert-OH is 1. The zero-order chi connectivity index (χ0) is 23.3. The first-order chi connectivity index (χ1) is 15.4. The van der Waals surface area contributed by atoms with Crippen LogP contribution in [0.3, 0.4) is 0 Å². The number of rotatable bonds is 7. The number of esters is 1. The maximum absolute atomic E-state index is 13.6. The Morgan fingerprint density at radius 3 is 2.50 bits per heavy atom. The van der Waals surface area contributed by atoms with Crippen LogP contribution < -0.4 is 14.2 Å². The van der Waals surface area contributed by atoms with Gasteiger partial charge in [-0.15, -0.1) is 0 Å². The van der Waals surface area contributed by atoms with E-state index in [1.165, 1.54) is 39.5 Å². The van der Waals surface area contributed by atoms with Crippen LogP contribution in [0, 0.1) is 5.82 Å². The molecule has 0 atom stereocenters. The van der Waals surface area contributed by atoms with Gasteiger partial charge in [0.15, 0.2) is 11.5 Å². The molecule has 168 valence electrons. The molecule has 32 heavy (non-hydrogen) atoms. The topological polar surface area (TPSA) is 86.6 Å². The van der Waals surface area contributed by atoms with Crippen molar-refractivity contribution in [2.24, 2.45) is 4.99 Å². The molecule has 1 aliphatic rings. The van der Waals surface area contributed by atoms with Gasteiger partial charge >= 0.3 is 5.97 Å². The summed E-state index contributed by atoms with van der Waals surface area (Å²) in [5.41, 5.74) is 0.785. The number of thioether (sulfide) groups is 1. The third-order valence-electron chi connectivity index (χ3n) is 4.43. The maximum Gasteiger partial charge on any atom is 0.344 e. The largest absolute Gasteiger partial charge is 0.506 e. The van der Waals surface area contributed by atoms with Gasteiger partial charge in [-0.1, -0.05) is 17.8 Å². The summed E-state index contributed by atoms with van der Waals surface area (Å²) in [6.45, 7) is 1.78. The van der Waals surface area contributed by atoms with Crippen LogP contribution in [-0.2, 0) is 9.53 Å². The monoisotopic (exact) mass is 459 g/mol. The van der Waals surface area contributed by atoms with E-state index in [9.17, 15) is 14.3 Å². The summed E-state index contributed by atoms with van der Waals surface area (Å²) in [6.07, 6.45) is 1.63. The second-order valence-corrected chi connectivity index (χ2v) is 7.41. The van der Waals surface area contributed by atoms with E-state index in [-0.39, 0.29) is 23.0 Å². The SMILES string of the molecule is CCOC(=O)C1=C(O)/C(=C\c2ccc(OC)c(OC)c2OC)SC1=Nc1cccc(F)c1. The Balaban J connectivity index is 2.12. The number of nitrogens with zero attached hydrogens (tertiary/aromatic N) is 1. The third kappa shape index (κ3) is 4.72. The van der Waals surface area contributed by atoms with Crippen LogP contribution >= 0.6 is 11.8 Å². The number of aliphatic hydroxyl groups is 1. The number of hydrogen-bond donors (Lipinski definition) is 1. The fourth-order valence-electron chi connectivity index (χ4n) is 3.03. The Labute approximate surface area is 189 Å². The van der Waals surface area contributed by atoms with Crippen molar-refractivity contribution in [3.05, 3.63) is 64.0 Å². The quantitative estimate of drug-likeness (QED) is 0.580. The molecule has 0 aromatic heterocycles. The minimum atomic E-state index is -0.727. The molecule has 1 N–H and O–H groups in total. The highest BCUT2D eigenvalue weighted by atomic mass is 32.2. The van der Waals surface area contributed by atoms with Gasteiger partial charge in [-0.3, -0.25) is 0 Å². The predicted octanol–water partition coefficient (Wildman–Crippen LogP) is 5.04. The number of benzene rings is 2. The molecule has 2 aromatic rings. The second-order valence-electron chi connectivity index (χ2n) is 6.38. The van der Waals surface area contributed by atoms with Gasteiger partial charge in [0.25, 0.3) is 0 Å². The summed E-state index contributed by atoms with van der Waals surface area (Å²) in [5.74, 6) is -0.232. The molecule has 3 rings (SSSR count). The summed E-state index contributed by atoms with van der Waals surface area (Å²) in [4.78, 5) is 17.2. The van der Waals surface area contributed by atoms with Crippen LogP contribution in [0.2, 0.25) is 0 Å². The van der Waals surface area contributed by atoms with Crippen molar-refractivity contribution in [3.63, 3.8) is 0 Å². The summed E-state index contributed by atoms with van der Waals surface area (Å²) < 4.78 is 34.9. The molecule has 9 heteroatoms. The van der Waals surface area contributed by atoms with Crippen molar-refractivity contribution in [2.75, 3.05) is 27.9 Å². The standard InChI is InChI=1S/C23H22FNO6S/c1-5-31-23(27)18-19(26)17(32-22(18)25-15-8-6-7-14(24)12-15)11-13-9-10-16(28-2)21(30-4)20(13)29-3/h6-12,26H,5H2,1-4H3/b17-11+,25-22?. The molecule has 0 fully saturated rings. The number of carbonyl (C=O) groups is 1. The van der Waals surface area contributed by atoms with E-state index in [1.807, 2.05) is 0 Å². The smallest absolute Gasteiger partial charge is 0.344 e. The van der Waals surface area contributed by atoms with E-state index in [0.717, 1.165) is 11.8 Å². The summed E-state index contributed by atoms with van der Waals surface area (Å²) >= 11 is 1.06. The van der Waals surface area contributed by atoms with Gasteiger partial charge in [-0.25, -0.2) is 14.2 Å². The molecule has 0 saturated carbocycles. The molecule has 0 amide bonds. The molecule has 0 saturated heterocycles. The summed E-state index contributed by atoms with van der Waals surface area (Å²) in [6, 6.07) is 9.05. The van der Waals surface area contributed by atoms with Gasteiger partial charge in [-0.2, -0.15) is 0 Å². The first-order valence-electron chi connectivity index (χ1n) is 9.57. The Kier molecular flexibility index (Phi) is 7.42. The molecular formula is C23H22FNO6S. The Bertz CT molecular complexity index is 1130. The molecule has 1 aliphatic heterocycles. The molecule has 0 unspecified atom stereocenters. The summed E-state index contributed by atoms with van der Waals surface area (Å²) in [7, 11) is 4.48. The lowest BCUT2D eigenvalue weighted by molar-refractivity contribution is -0.138. The molecule has 1 heterocycles. The van der Waals surface area contributed by atoms with E-state index < -0.39 is 11.8 Å². The highest BCUT2D eigenvalue weighted by Crippen LogP contribution is 2.44. The number of aliphatic imine (C=N–C) groups is 1. The van der Waals surface area contributed by atoms with Gasteiger partial charge in [-0.05, 0) is 43.3 Å². The molecule has 0 spiro atoms. The number of carbonyl (C=O) groups excluding carboxylic acids is 1. The number of halogens is 1. The minimum absolute atomic E-state index is 0.0909. The molecule has 7 nitrogen and oxygen atoms in total. The average molecular weight is 459 g/mol. The minimum Gasteiger partial charge on any atom is -0.506 e. The third-order valence-corrected chi connectivity index (χ3v) is 5.45. The lowest BCUT2D eigenvalue weighted by atomic mass is 10.1. The van der Waals surface area contributed by atoms with Gasteiger partial charge in [0.05, 0.1) is 38.5 Å². The van der Waals surface area contributed by atoms with Crippen molar-refractivity contribution in [3.8, 4) is 17.2 Å². The second kappa shape index (κ2) is 10.2. The fourth-order valence-corrected chi connectivity index (χ4v) is 4.06. The maximum atomic E-state index is 13.6. The number of hydrogen-bond acceptors (Lipinski definition) is 8. The number of methoxy groups -OCH3 is 3. The van der Waals surface area contributed by atoms with Crippen molar-refractivity contribution >= 4 is 34.5 Å². The van der Waals surface area contributed by atoms with Crippen LogP contribution in [0.1, 0.15) is 12.5 Å². The van der Waals surface area contributed by atoms with E-state index in [2.05, 4.69) is 4.99 Å². The van der Waals surface area contributed by atoms with E-state index in [0.29, 0.717) is 33.4 Å². The fraction of sp³-hybridized carbons (Fsp3) is 0.217. The zero-order valence-corrected chi connectivity index (χ0v) is 18.8. The Hall–Kier alpha value is -3.46. The molecule has 0 aliphatic carbocycles. The van der Waals surface area contributed by atoms with E-state index >= 15 is 0 Å². The Morgan fingerprint density at radius 1 is 1.12 bits per heavy atom. The van der Waals surface area contributed by atoms with Gasteiger partial charge < -0.3 is 24.1 Å². The van der Waals surface area contributed by atoms with Crippen LogP contribution in [0.15, 0.2) is 57.6 Å². The van der Waals surface area contributed by atoms with Gasteiger partial charge in [0, 0.05) is 5.56 Å². The molecular weight excluding hydrogens is 437 g/mol. The van der Waals surface area contributed by atoms with E-state index in [4.69, 9.17) is 18.9 Å². The van der Waals surface area contributed by atoms with Crippen LogP contribution in [0.25, 0.3) is 6.08 Å². The van der Waals surface area contributed by atoms with Crippen molar-refractivity contribution in [1.29, 1.82) is 0 Å². The highest BCUT2D eigenvalue weighted by molar-refractivity contribution is 8.18. The van der Waals surface area contributed by atoms with Crippen molar-refractivity contribution in [1.82, 2.24) is 0 Å². The lowest BCUT2D eigenvalue weighted by Gasteiger charge is -2.14. The van der Waals surface area contributed by atoms with Gasteiger partial charge in [0.1, 0.15) is 22.2 Å². The van der Waals surface area contributed by atoms with Gasteiger partial charge in [0.2, 0.25) is 5.75 Å². The molecule has 2 aromatic carbocycles. The normalized spacial score (nSPS) is 15.9. The average Bonchev–Trinajstić information content (AvgIpc) is 3.07. The summed E-state index contributed by atoms with van der Waals surface area (Å²) in [5, 5.41) is 11.0. The zero-order valence-electron chi connectivity index (χ0n) is 18.0. The Morgan fingerprint density at radius 2 is 1.88 bits per heavy atom. The van der Waals surface area contributed by atoms with Crippen molar-refractivity contribution in [2.45, 2.75) is 6.92 Å². The van der Waals surface area contributed by atoms with Crippen molar-refractivity contribution < 1.29 is 33.2 Å². The van der Waals surface area contributed by atoms with E-state index in [1.54, 1.807) is 31.2 Å². The highest BCUT2D eigenvalue weighted by Gasteiger charge is 2.33. The first-order valence-corrected chi connectivity index (χ1v) is 10.4. The van der Waals surface area contributed by atoms with Crippen LogP contribution in [0.4, 0.5) is 10.1 Å². The first kappa shape index (κ1) is 23.2. The molecule has 0 bridgehead atoms.